The highest BCUT2D eigenvalue weighted by atomic mass is 16.3. The number of rotatable bonds is 4. The molecule has 0 aliphatic heterocycles. The summed E-state index contributed by atoms with van der Waals surface area (Å²) in [5, 5.41) is 21.4. The van der Waals surface area contributed by atoms with E-state index in [1.807, 2.05) is 18.3 Å². The molecule has 3 rings (SSSR count). The van der Waals surface area contributed by atoms with Gasteiger partial charge in [-0.3, -0.25) is 0 Å². The van der Waals surface area contributed by atoms with E-state index in [0.29, 0.717) is 0 Å². The summed E-state index contributed by atoms with van der Waals surface area (Å²) in [5.74, 6) is 0. The number of aliphatic hydroxyl groups excluding tert-OH is 1. The second kappa shape index (κ2) is 6.37. The summed E-state index contributed by atoms with van der Waals surface area (Å²) in [7, 11) is 0. The van der Waals surface area contributed by atoms with Gasteiger partial charge in [0.1, 0.15) is 0 Å². The first-order valence-corrected chi connectivity index (χ1v) is 7.65. The highest BCUT2D eigenvalue weighted by molar-refractivity contribution is 5.34. The molecular formula is C16H22N4O. The van der Waals surface area contributed by atoms with Gasteiger partial charge in [-0.15, -0.1) is 5.10 Å². The Bertz CT molecular complexity index is 552. The van der Waals surface area contributed by atoms with Crippen molar-refractivity contribution in [1.29, 1.82) is 0 Å². The lowest BCUT2D eigenvalue weighted by molar-refractivity contribution is 0.0860. The maximum absolute atomic E-state index is 10.1. The summed E-state index contributed by atoms with van der Waals surface area (Å²) >= 11 is 0. The first-order valence-electron chi connectivity index (χ1n) is 7.65. The molecular weight excluding hydrogens is 264 g/mol. The van der Waals surface area contributed by atoms with Crippen molar-refractivity contribution in [2.45, 2.75) is 50.8 Å². The zero-order valence-corrected chi connectivity index (χ0v) is 12.3. The van der Waals surface area contributed by atoms with E-state index in [1.165, 1.54) is 12.0 Å². The molecule has 1 fully saturated rings. The molecule has 1 aliphatic carbocycles. The van der Waals surface area contributed by atoms with Gasteiger partial charge in [-0.05, 0) is 37.5 Å². The zero-order chi connectivity index (χ0) is 14.7. The SMILES string of the molecule is CC(NC1CCCCC1O)c1ccc(-n2ccnn2)cc1. The fourth-order valence-corrected chi connectivity index (χ4v) is 2.98. The Morgan fingerprint density at radius 2 is 2.00 bits per heavy atom. The van der Waals surface area contributed by atoms with Crippen molar-refractivity contribution in [2.24, 2.45) is 0 Å². The molecule has 3 unspecified atom stereocenters. The zero-order valence-electron chi connectivity index (χ0n) is 12.3. The van der Waals surface area contributed by atoms with Gasteiger partial charge in [0, 0.05) is 12.1 Å². The Morgan fingerprint density at radius 1 is 1.24 bits per heavy atom. The lowest BCUT2D eigenvalue weighted by Gasteiger charge is -2.31. The number of hydrogen-bond acceptors (Lipinski definition) is 4. The Balaban J connectivity index is 1.66. The van der Waals surface area contributed by atoms with Crippen molar-refractivity contribution in [2.75, 3.05) is 0 Å². The van der Waals surface area contributed by atoms with Crippen molar-refractivity contribution in [3.63, 3.8) is 0 Å². The van der Waals surface area contributed by atoms with Crippen LogP contribution in [0.3, 0.4) is 0 Å². The van der Waals surface area contributed by atoms with Crippen LogP contribution < -0.4 is 5.32 Å². The Kier molecular flexibility index (Phi) is 4.31. The van der Waals surface area contributed by atoms with Gasteiger partial charge in [0.05, 0.1) is 24.2 Å². The minimum atomic E-state index is -0.212. The van der Waals surface area contributed by atoms with E-state index in [9.17, 15) is 5.11 Å². The van der Waals surface area contributed by atoms with E-state index in [2.05, 4.69) is 34.7 Å². The normalized spacial score (nSPS) is 23.9. The molecule has 1 heterocycles. The van der Waals surface area contributed by atoms with Crippen LogP contribution in [0.25, 0.3) is 5.69 Å². The second-order valence-corrected chi connectivity index (χ2v) is 5.79. The van der Waals surface area contributed by atoms with E-state index < -0.39 is 0 Å². The Hall–Kier alpha value is -1.72. The third-order valence-electron chi connectivity index (χ3n) is 4.27. The number of hydrogen-bond donors (Lipinski definition) is 2. The van der Waals surface area contributed by atoms with E-state index >= 15 is 0 Å². The molecule has 1 aliphatic rings. The van der Waals surface area contributed by atoms with Crippen molar-refractivity contribution in [3.05, 3.63) is 42.2 Å². The minimum absolute atomic E-state index is 0.212. The van der Waals surface area contributed by atoms with E-state index in [-0.39, 0.29) is 18.2 Å². The summed E-state index contributed by atoms with van der Waals surface area (Å²) in [6.45, 7) is 2.14. The van der Waals surface area contributed by atoms with Gasteiger partial charge in [-0.2, -0.15) is 0 Å². The topological polar surface area (TPSA) is 63.0 Å². The minimum Gasteiger partial charge on any atom is -0.392 e. The number of benzene rings is 1. The lowest BCUT2D eigenvalue weighted by atomic mass is 9.91. The monoisotopic (exact) mass is 286 g/mol. The van der Waals surface area contributed by atoms with Crippen molar-refractivity contribution in [3.8, 4) is 5.69 Å². The average Bonchev–Trinajstić information content (AvgIpc) is 3.04. The van der Waals surface area contributed by atoms with Gasteiger partial charge in [0.15, 0.2) is 0 Å². The number of nitrogens with zero attached hydrogens (tertiary/aromatic N) is 3. The number of aromatic nitrogens is 3. The third-order valence-corrected chi connectivity index (χ3v) is 4.27. The van der Waals surface area contributed by atoms with E-state index in [4.69, 9.17) is 0 Å². The summed E-state index contributed by atoms with van der Waals surface area (Å²) < 4.78 is 1.74. The lowest BCUT2D eigenvalue weighted by Crippen LogP contribution is -2.43. The fourth-order valence-electron chi connectivity index (χ4n) is 2.98. The van der Waals surface area contributed by atoms with Crippen LogP contribution in [0.2, 0.25) is 0 Å². The molecule has 5 nitrogen and oxygen atoms in total. The highest BCUT2D eigenvalue weighted by Gasteiger charge is 2.24. The van der Waals surface area contributed by atoms with Crippen molar-refractivity contribution in [1.82, 2.24) is 20.3 Å². The summed E-state index contributed by atoms with van der Waals surface area (Å²) in [5.41, 5.74) is 2.22. The maximum Gasteiger partial charge on any atom is 0.0697 e. The second-order valence-electron chi connectivity index (χ2n) is 5.79. The van der Waals surface area contributed by atoms with E-state index in [1.54, 1.807) is 10.9 Å². The van der Waals surface area contributed by atoms with Crippen molar-refractivity contribution >= 4 is 0 Å². The predicted molar refractivity (Wildman–Crippen MR) is 81.2 cm³/mol. The molecule has 3 atom stereocenters. The van der Waals surface area contributed by atoms with Gasteiger partial charge >= 0.3 is 0 Å². The molecule has 5 heteroatoms. The first kappa shape index (κ1) is 14.2. The molecule has 2 N–H and O–H groups in total. The van der Waals surface area contributed by atoms with Gasteiger partial charge < -0.3 is 10.4 Å². The van der Waals surface area contributed by atoms with Crippen LogP contribution in [0, 0.1) is 0 Å². The van der Waals surface area contributed by atoms with E-state index in [0.717, 1.165) is 24.9 Å². The number of nitrogens with one attached hydrogen (secondary N) is 1. The summed E-state index contributed by atoms with van der Waals surface area (Å²) in [4.78, 5) is 0. The van der Waals surface area contributed by atoms with Crippen LogP contribution in [-0.2, 0) is 0 Å². The quantitative estimate of drug-likeness (QED) is 0.904. The molecule has 2 aromatic rings. The van der Waals surface area contributed by atoms with Gasteiger partial charge in [-0.25, -0.2) is 4.68 Å². The molecule has 1 aromatic carbocycles. The van der Waals surface area contributed by atoms with Gasteiger partial charge in [0.25, 0.3) is 0 Å². The smallest absolute Gasteiger partial charge is 0.0697 e. The Morgan fingerprint density at radius 3 is 2.67 bits per heavy atom. The number of aliphatic hydroxyl groups is 1. The Labute approximate surface area is 125 Å². The molecule has 112 valence electrons. The fraction of sp³-hybridized carbons (Fsp3) is 0.500. The van der Waals surface area contributed by atoms with Gasteiger partial charge in [-0.1, -0.05) is 30.2 Å². The molecule has 1 saturated carbocycles. The van der Waals surface area contributed by atoms with Crippen LogP contribution in [0.15, 0.2) is 36.7 Å². The molecule has 0 amide bonds. The van der Waals surface area contributed by atoms with Crippen LogP contribution in [0.4, 0.5) is 0 Å². The predicted octanol–water partition coefficient (Wildman–Crippen LogP) is 2.22. The highest BCUT2D eigenvalue weighted by Crippen LogP contribution is 2.22. The van der Waals surface area contributed by atoms with Crippen molar-refractivity contribution < 1.29 is 5.11 Å². The van der Waals surface area contributed by atoms with Crippen LogP contribution in [-0.4, -0.2) is 32.2 Å². The van der Waals surface area contributed by atoms with Crippen LogP contribution >= 0.6 is 0 Å². The molecule has 0 radical (unpaired) electrons. The molecule has 0 spiro atoms. The molecule has 0 bridgehead atoms. The molecule has 1 aromatic heterocycles. The van der Waals surface area contributed by atoms with Crippen LogP contribution in [0.1, 0.15) is 44.2 Å². The summed E-state index contributed by atoms with van der Waals surface area (Å²) in [6, 6.07) is 8.73. The van der Waals surface area contributed by atoms with Gasteiger partial charge in [0.2, 0.25) is 0 Å². The first-order chi connectivity index (χ1) is 10.2. The van der Waals surface area contributed by atoms with Crippen LogP contribution in [0.5, 0.6) is 0 Å². The average molecular weight is 286 g/mol. The maximum atomic E-state index is 10.1. The molecule has 21 heavy (non-hydrogen) atoms. The summed E-state index contributed by atoms with van der Waals surface area (Å²) in [6.07, 6.45) is 7.60. The third kappa shape index (κ3) is 3.31. The standard InChI is InChI=1S/C16H22N4O/c1-12(18-15-4-2-3-5-16(15)21)13-6-8-14(9-7-13)20-11-10-17-19-20/h6-12,15-16,18,21H,2-5H2,1H3. The largest absolute Gasteiger partial charge is 0.392 e. The molecule has 0 saturated heterocycles.